The molecule has 0 heterocycles. The molecule has 2 amide bonds. The Morgan fingerprint density at radius 1 is 1.00 bits per heavy atom. The van der Waals surface area contributed by atoms with Crippen molar-refractivity contribution in [2.45, 2.75) is 6.42 Å². The predicted octanol–water partition coefficient (Wildman–Crippen LogP) is 3.53. The Morgan fingerprint density at radius 2 is 1.62 bits per heavy atom. The first-order valence-corrected chi connectivity index (χ1v) is 8.24. The van der Waals surface area contributed by atoms with Gasteiger partial charge in [0.15, 0.2) is 0 Å². The van der Waals surface area contributed by atoms with Crippen molar-refractivity contribution in [2.24, 2.45) is 11.8 Å². The molecular weight excluding hydrogens is 370 g/mol. The number of hydrogen-bond donors (Lipinski definition) is 2. The van der Waals surface area contributed by atoms with E-state index in [9.17, 15) is 9.59 Å². The lowest BCUT2D eigenvalue weighted by molar-refractivity contribution is -0.122. The first kappa shape index (κ1) is 16.2. The molecule has 1 aliphatic rings. The van der Waals surface area contributed by atoms with Gasteiger partial charge in [-0.15, -0.1) is 0 Å². The maximum absolute atomic E-state index is 12.2. The molecule has 0 aliphatic heterocycles. The Balaban J connectivity index is 1.58. The van der Waals surface area contributed by atoms with Crippen molar-refractivity contribution in [1.82, 2.24) is 0 Å². The minimum absolute atomic E-state index is 0.161. The van der Waals surface area contributed by atoms with Gasteiger partial charge in [0.05, 0.1) is 23.1 Å². The summed E-state index contributed by atoms with van der Waals surface area (Å²) in [6.45, 7) is 0. The monoisotopic (exact) mass is 383 g/mol. The van der Waals surface area contributed by atoms with Gasteiger partial charge in [-0.2, -0.15) is 5.26 Å². The first-order valence-electron chi connectivity index (χ1n) is 7.45. The van der Waals surface area contributed by atoms with Crippen LogP contribution in [0.4, 0.5) is 11.4 Å². The van der Waals surface area contributed by atoms with E-state index in [1.165, 1.54) is 0 Å². The van der Waals surface area contributed by atoms with E-state index in [1.807, 2.05) is 18.2 Å². The molecule has 24 heavy (non-hydrogen) atoms. The van der Waals surface area contributed by atoms with Crippen molar-refractivity contribution in [1.29, 1.82) is 5.26 Å². The minimum atomic E-state index is -0.354. The van der Waals surface area contributed by atoms with E-state index in [4.69, 9.17) is 5.26 Å². The minimum Gasteiger partial charge on any atom is -0.326 e. The topological polar surface area (TPSA) is 82.0 Å². The van der Waals surface area contributed by atoms with Crippen LogP contribution in [0.15, 0.2) is 53.0 Å². The largest absolute Gasteiger partial charge is 0.326 e. The van der Waals surface area contributed by atoms with Crippen LogP contribution in [-0.2, 0) is 9.59 Å². The summed E-state index contributed by atoms with van der Waals surface area (Å²) in [4.78, 5) is 24.4. The van der Waals surface area contributed by atoms with Gasteiger partial charge in [-0.1, -0.05) is 28.1 Å². The van der Waals surface area contributed by atoms with Crippen molar-refractivity contribution in [3.8, 4) is 6.07 Å². The van der Waals surface area contributed by atoms with E-state index in [1.54, 1.807) is 36.4 Å². The number of nitriles is 1. The number of amides is 2. The van der Waals surface area contributed by atoms with Crippen LogP contribution in [-0.4, -0.2) is 11.8 Å². The number of para-hydroxylation sites is 1. The molecule has 2 aromatic carbocycles. The molecule has 0 saturated heterocycles. The number of anilines is 2. The molecule has 120 valence electrons. The number of carbonyl (C=O) groups excluding carboxylic acids is 2. The highest BCUT2D eigenvalue weighted by atomic mass is 79.9. The smallest absolute Gasteiger partial charge is 0.228 e. The molecule has 2 atom stereocenters. The number of benzene rings is 2. The Labute approximate surface area is 147 Å². The van der Waals surface area contributed by atoms with Crippen molar-refractivity contribution in [3.63, 3.8) is 0 Å². The van der Waals surface area contributed by atoms with Crippen LogP contribution < -0.4 is 10.6 Å². The molecule has 0 radical (unpaired) electrons. The zero-order chi connectivity index (χ0) is 17.1. The first-order chi connectivity index (χ1) is 11.6. The van der Waals surface area contributed by atoms with Gasteiger partial charge in [0.2, 0.25) is 11.8 Å². The van der Waals surface area contributed by atoms with Crippen LogP contribution in [0, 0.1) is 23.2 Å². The molecule has 3 rings (SSSR count). The molecule has 2 aromatic rings. The van der Waals surface area contributed by atoms with Crippen molar-refractivity contribution in [3.05, 3.63) is 58.6 Å². The second-order valence-corrected chi connectivity index (χ2v) is 6.51. The normalized spacial score (nSPS) is 18.3. The summed E-state index contributed by atoms with van der Waals surface area (Å²) >= 11 is 3.34. The Morgan fingerprint density at radius 3 is 2.29 bits per heavy atom. The molecule has 1 aliphatic carbocycles. The molecule has 6 heteroatoms. The van der Waals surface area contributed by atoms with Crippen LogP contribution in [0.2, 0.25) is 0 Å². The summed E-state index contributed by atoms with van der Waals surface area (Å²) in [7, 11) is 0. The molecular formula is C18H14BrN3O2. The summed E-state index contributed by atoms with van der Waals surface area (Å²) in [6, 6.07) is 16.1. The maximum atomic E-state index is 12.2. The third-order valence-corrected chi connectivity index (χ3v) is 4.41. The highest BCUT2D eigenvalue weighted by Crippen LogP contribution is 2.40. The van der Waals surface area contributed by atoms with E-state index < -0.39 is 0 Å². The zero-order valence-corrected chi connectivity index (χ0v) is 14.2. The Kier molecular flexibility index (Phi) is 4.63. The van der Waals surface area contributed by atoms with E-state index in [2.05, 4.69) is 26.6 Å². The van der Waals surface area contributed by atoms with Crippen molar-refractivity contribution < 1.29 is 9.59 Å². The summed E-state index contributed by atoms with van der Waals surface area (Å²) in [5, 5.41) is 14.6. The average Bonchev–Trinajstić information content (AvgIpc) is 3.38. The number of rotatable bonds is 4. The summed E-state index contributed by atoms with van der Waals surface area (Å²) in [5.41, 5.74) is 1.58. The number of nitrogens with zero attached hydrogens (tertiary/aromatic N) is 1. The molecule has 0 bridgehead atoms. The molecule has 5 nitrogen and oxygen atoms in total. The molecule has 2 unspecified atom stereocenters. The number of nitrogens with one attached hydrogen (secondary N) is 2. The lowest BCUT2D eigenvalue weighted by Crippen LogP contribution is -2.20. The van der Waals surface area contributed by atoms with Gasteiger partial charge in [-0.25, -0.2) is 0 Å². The van der Waals surface area contributed by atoms with Gasteiger partial charge >= 0.3 is 0 Å². The third kappa shape index (κ3) is 3.63. The standard InChI is InChI=1S/C18H14BrN3O2/c19-12-5-7-13(8-6-12)21-17(23)14-9-15(14)18(24)22-16-4-2-1-3-11(16)10-20/h1-8,14-15H,9H2,(H,21,23)(H,22,24). The third-order valence-electron chi connectivity index (χ3n) is 3.88. The fraction of sp³-hybridized carbons (Fsp3) is 0.167. The van der Waals surface area contributed by atoms with Gasteiger partial charge in [0.1, 0.15) is 6.07 Å². The van der Waals surface area contributed by atoms with Crippen molar-refractivity contribution >= 4 is 39.1 Å². The van der Waals surface area contributed by atoms with Crippen LogP contribution in [0.1, 0.15) is 12.0 Å². The Bertz CT molecular complexity index is 827. The van der Waals surface area contributed by atoms with E-state index in [0.717, 1.165) is 4.47 Å². The summed E-state index contributed by atoms with van der Waals surface area (Å²) in [6.07, 6.45) is 0.517. The molecule has 0 spiro atoms. The van der Waals surface area contributed by atoms with Gasteiger partial charge < -0.3 is 10.6 Å². The zero-order valence-electron chi connectivity index (χ0n) is 12.6. The predicted molar refractivity (Wildman–Crippen MR) is 94.2 cm³/mol. The second-order valence-electron chi connectivity index (χ2n) is 5.59. The maximum Gasteiger partial charge on any atom is 0.228 e. The van der Waals surface area contributed by atoms with E-state index in [0.29, 0.717) is 23.4 Å². The SMILES string of the molecule is N#Cc1ccccc1NC(=O)C1CC1C(=O)Nc1ccc(Br)cc1. The number of carbonyl (C=O) groups is 2. The van der Waals surface area contributed by atoms with Crippen molar-refractivity contribution in [2.75, 3.05) is 10.6 Å². The highest BCUT2D eigenvalue weighted by Gasteiger charge is 2.48. The van der Waals surface area contributed by atoms with Crippen LogP contribution in [0.5, 0.6) is 0 Å². The quantitative estimate of drug-likeness (QED) is 0.846. The van der Waals surface area contributed by atoms with Gasteiger partial charge in [-0.3, -0.25) is 9.59 Å². The molecule has 1 saturated carbocycles. The van der Waals surface area contributed by atoms with Crippen LogP contribution >= 0.6 is 15.9 Å². The molecule has 2 N–H and O–H groups in total. The summed E-state index contributed by atoms with van der Waals surface area (Å²) in [5.74, 6) is -1.07. The van der Waals surface area contributed by atoms with E-state index >= 15 is 0 Å². The fourth-order valence-corrected chi connectivity index (χ4v) is 2.72. The van der Waals surface area contributed by atoms with Gasteiger partial charge in [-0.05, 0) is 42.8 Å². The lowest BCUT2D eigenvalue weighted by atomic mass is 10.2. The number of halogens is 1. The molecule has 0 aromatic heterocycles. The van der Waals surface area contributed by atoms with E-state index in [-0.39, 0.29) is 23.7 Å². The van der Waals surface area contributed by atoms with Gasteiger partial charge in [0, 0.05) is 10.2 Å². The fourth-order valence-electron chi connectivity index (χ4n) is 2.46. The average molecular weight is 384 g/mol. The molecule has 1 fully saturated rings. The van der Waals surface area contributed by atoms with Gasteiger partial charge in [0.25, 0.3) is 0 Å². The van der Waals surface area contributed by atoms with Crippen LogP contribution in [0.25, 0.3) is 0 Å². The highest BCUT2D eigenvalue weighted by molar-refractivity contribution is 9.10. The summed E-state index contributed by atoms with van der Waals surface area (Å²) < 4.78 is 0.931. The lowest BCUT2D eigenvalue weighted by Gasteiger charge is -2.07. The number of hydrogen-bond acceptors (Lipinski definition) is 3. The Hall–Kier alpha value is -2.65. The second kappa shape index (κ2) is 6.85. The van der Waals surface area contributed by atoms with Crippen LogP contribution in [0.3, 0.4) is 0 Å².